The van der Waals surface area contributed by atoms with Crippen LogP contribution in [0.15, 0.2) is 10.8 Å². The summed E-state index contributed by atoms with van der Waals surface area (Å²) < 4.78 is 4.44. The van der Waals surface area contributed by atoms with Crippen LogP contribution in [0.3, 0.4) is 0 Å². The second kappa shape index (κ2) is 4.66. The fourth-order valence-corrected chi connectivity index (χ4v) is 3.21. The van der Waals surface area contributed by atoms with Crippen molar-refractivity contribution in [2.24, 2.45) is 0 Å². The van der Waals surface area contributed by atoms with Gasteiger partial charge in [0.25, 0.3) is 0 Å². The van der Waals surface area contributed by atoms with E-state index in [0.29, 0.717) is 21.0 Å². The van der Waals surface area contributed by atoms with Crippen molar-refractivity contribution in [2.45, 2.75) is 13.1 Å². The van der Waals surface area contributed by atoms with Gasteiger partial charge in [0.2, 0.25) is 11.8 Å². The van der Waals surface area contributed by atoms with E-state index in [9.17, 15) is 10.2 Å². The molecule has 0 amide bonds. The standard InChI is InChI=1S/C8H8N2O2S4/c11-5-3-15-7(13)9(5)1-2-10-6(12)4-16-8(10)14/h3-4,11-12H,1-2H2. The largest absolute Gasteiger partial charge is 0.494 e. The van der Waals surface area contributed by atoms with Gasteiger partial charge in [0.15, 0.2) is 7.91 Å². The van der Waals surface area contributed by atoms with Crippen molar-refractivity contribution in [3.63, 3.8) is 0 Å². The van der Waals surface area contributed by atoms with Crippen molar-refractivity contribution in [3.05, 3.63) is 18.7 Å². The lowest BCUT2D eigenvalue weighted by Crippen LogP contribution is -2.06. The summed E-state index contributed by atoms with van der Waals surface area (Å²) in [6.07, 6.45) is 0. The maximum absolute atomic E-state index is 9.51. The second-order valence-electron chi connectivity index (χ2n) is 3.02. The highest BCUT2D eigenvalue weighted by atomic mass is 32.2. The summed E-state index contributed by atoms with van der Waals surface area (Å²) in [7, 11) is 0. The zero-order chi connectivity index (χ0) is 11.7. The normalized spacial score (nSPS) is 10.8. The van der Waals surface area contributed by atoms with Crippen LogP contribution >= 0.6 is 47.1 Å². The SMILES string of the molecule is Oc1csc(=S)n1CCn1c(O)csc1=S. The van der Waals surface area contributed by atoms with Gasteiger partial charge >= 0.3 is 0 Å². The Morgan fingerprint density at radius 3 is 1.56 bits per heavy atom. The predicted octanol–water partition coefficient (Wildman–Crippen LogP) is 2.98. The summed E-state index contributed by atoms with van der Waals surface area (Å²) in [5, 5.41) is 22.2. The summed E-state index contributed by atoms with van der Waals surface area (Å²) in [6.45, 7) is 0.986. The highest BCUT2D eigenvalue weighted by Crippen LogP contribution is 2.20. The Balaban J connectivity index is 2.20. The Kier molecular flexibility index (Phi) is 3.43. The van der Waals surface area contributed by atoms with Gasteiger partial charge in [-0.3, -0.25) is 9.13 Å². The lowest BCUT2D eigenvalue weighted by molar-refractivity contribution is 0.382. The van der Waals surface area contributed by atoms with Gasteiger partial charge < -0.3 is 10.2 Å². The van der Waals surface area contributed by atoms with E-state index in [0.717, 1.165) is 0 Å². The van der Waals surface area contributed by atoms with Gasteiger partial charge in [-0.1, -0.05) is 0 Å². The van der Waals surface area contributed by atoms with E-state index in [1.54, 1.807) is 19.9 Å². The number of rotatable bonds is 3. The van der Waals surface area contributed by atoms with Crippen molar-refractivity contribution in [2.75, 3.05) is 0 Å². The molecule has 0 radical (unpaired) electrons. The smallest absolute Gasteiger partial charge is 0.203 e. The van der Waals surface area contributed by atoms with Crippen LogP contribution in [-0.4, -0.2) is 19.3 Å². The van der Waals surface area contributed by atoms with E-state index in [1.807, 2.05) is 0 Å². The average molecular weight is 292 g/mol. The zero-order valence-corrected chi connectivity index (χ0v) is 11.3. The number of hydrogen-bond donors (Lipinski definition) is 2. The molecule has 0 aliphatic heterocycles. The highest BCUT2D eigenvalue weighted by Gasteiger charge is 2.05. The third-order valence-electron chi connectivity index (χ3n) is 2.07. The van der Waals surface area contributed by atoms with Crippen molar-refractivity contribution in [1.29, 1.82) is 0 Å². The summed E-state index contributed by atoms with van der Waals surface area (Å²) in [4.78, 5) is 0. The minimum atomic E-state index is 0.149. The first-order valence-corrected chi connectivity index (χ1v) is 6.92. The summed E-state index contributed by atoms with van der Waals surface area (Å²) in [5.74, 6) is 0.299. The maximum Gasteiger partial charge on any atom is 0.203 e. The molecule has 0 unspecified atom stereocenters. The molecule has 2 N–H and O–H groups in total. The highest BCUT2D eigenvalue weighted by molar-refractivity contribution is 7.73. The first kappa shape index (κ1) is 11.8. The van der Waals surface area contributed by atoms with Gasteiger partial charge in [-0.05, 0) is 24.4 Å². The van der Waals surface area contributed by atoms with Gasteiger partial charge in [-0.15, -0.1) is 22.7 Å². The molecule has 16 heavy (non-hydrogen) atoms. The molecule has 0 fully saturated rings. The van der Waals surface area contributed by atoms with Crippen LogP contribution in [0.4, 0.5) is 0 Å². The van der Waals surface area contributed by atoms with Crippen LogP contribution in [0.2, 0.25) is 0 Å². The average Bonchev–Trinajstić information content (AvgIpc) is 2.72. The Hall–Kier alpha value is -0.700. The molecule has 86 valence electrons. The number of hydrogen-bond acceptors (Lipinski definition) is 6. The number of thiazole rings is 2. The second-order valence-corrected chi connectivity index (χ2v) is 6.03. The topological polar surface area (TPSA) is 50.3 Å². The Morgan fingerprint density at radius 2 is 1.31 bits per heavy atom. The molecule has 2 aromatic rings. The van der Waals surface area contributed by atoms with E-state index >= 15 is 0 Å². The lowest BCUT2D eigenvalue weighted by atomic mass is 10.6. The van der Waals surface area contributed by atoms with Crippen LogP contribution in [0.1, 0.15) is 0 Å². The van der Waals surface area contributed by atoms with E-state index in [4.69, 9.17) is 24.4 Å². The molecule has 8 heteroatoms. The van der Waals surface area contributed by atoms with E-state index in [1.165, 1.54) is 22.7 Å². The van der Waals surface area contributed by atoms with Gasteiger partial charge in [-0.25, -0.2) is 0 Å². The monoisotopic (exact) mass is 292 g/mol. The van der Waals surface area contributed by atoms with Gasteiger partial charge in [0.05, 0.1) is 10.8 Å². The van der Waals surface area contributed by atoms with Crippen molar-refractivity contribution >= 4 is 47.1 Å². The van der Waals surface area contributed by atoms with Crippen LogP contribution in [-0.2, 0) is 13.1 Å². The maximum atomic E-state index is 9.51. The van der Waals surface area contributed by atoms with Gasteiger partial charge in [0, 0.05) is 13.1 Å². The molecule has 2 heterocycles. The number of nitrogens with zero attached hydrogens (tertiary/aromatic N) is 2. The molecule has 0 saturated heterocycles. The molecular formula is C8H8N2O2S4. The third kappa shape index (κ3) is 2.19. The molecule has 2 rings (SSSR count). The Bertz CT molecular complexity index is 552. The first-order valence-electron chi connectivity index (χ1n) is 4.34. The molecule has 0 aromatic carbocycles. The van der Waals surface area contributed by atoms with Crippen molar-refractivity contribution in [1.82, 2.24) is 9.13 Å². The lowest BCUT2D eigenvalue weighted by Gasteiger charge is -2.06. The molecule has 4 nitrogen and oxygen atoms in total. The first-order chi connectivity index (χ1) is 7.59. The summed E-state index contributed by atoms with van der Waals surface area (Å²) in [6, 6.07) is 0. The fourth-order valence-electron chi connectivity index (χ4n) is 1.26. The summed E-state index contributed by atoms with van der Waals surface area (Å²) in [5.41, 5.74) is 0. The zero-order valence-electron chi connectivity index (χ0n) is 7.99. The van der Waals surface area contributed by atoms with Crippen molar-refractivity contribution in [3.8, 4) is 11.8 Å². The predicted molar refractivity (Wildman–Crippen MR) is 69.6 cm³/mol. The molecule has 0 spiro atoms. The molecule has 0 bridgehead atoms. The Labute approximate surface area is 110 Å². The minimum Gasteiger partial charge on any atom is -0.494 e. The van der Waals surface area contributed by atoms with Crippen LogP contribution in [0.5, 0.6) is 11.8 Å². The Morgan fingerprint density at radius 1 is 0.938 bits per heavy atom. The van der Waals surface area contributed by atoms with Crippen LogP contribution < -0.4 is 0 Å². The quantitative estimate of drug-likeness (QED) is 0.854. The minimum absolute atomic E-state index is 0.149. The molecule has 0 aliphatic rings. The molecule has 2 aromatic heterocycles. The number of aromatic hydroxyl groups is 2. The molecule has 0 saturated carbocycles. The number of aromatic nitrogens is 2. The van der Waals surface area contributed by atoms with E-state index in [-0.39, 0.29) is 11.8 Å². The van der Waals surface area contributed by atoms with Crippen molar-refractivity contribution < 1.29 is 10.2 Å². The fraction of sp³-hybridized carbons (Fsp3) is 0.250. The third-order valence-corrected chi connectivity index (χ3v) is 4.59. The summed E-state index contributed by atoms with van der Waals surface area (Å²) >= 11 is 12.7. The van der Waals surface area contributed by atoms with Crippen LogP contribution in [0.25, 0.3) is 0 Å². The van der Waals surface area contributed by atoms with Crippen LogP contribution in [0, 0.1) is 7.91 Å². The van der Waals surface area contributed by atoms with Gasteiger partial charge in [0.1, 0.15) is 0 Å². The van der Waals surface area contributed by atoms with E-state index < -0.39 is 0 Å². The molecule has 0 atom stereocenters. The molecular weight excluding hydrogens is 284 g/mol. The van der Waals surface area contributed by atoms with Gasteiger partial charge in [-0.2, -0.15) is 0 Å². The molecule has 0 aliphatic carbocycles. The van der Waals surface area contributed by atoms with E-state index in [2.05, 4.69) is 0 Å².